The van der Waals surface area contributed by atoms with Crippen LogP contribution in [0.2, 0.25) is 0 Å². The second kappa shape index (κ2) is 3.30. The largest absolute Gasteiger partial charge is 0.352 e. The molecule has 0 aromatic carbocycles. The minimum Gasteiger partial charge on any atom is -0.352 e. The molecular formula is C6H9N7. The Hall–Kier alpha value is -1.79. The Bertz CT molecular complexity index is 395. The lowest BCUT2D eigenvalue weighted by molar-refractivity contribution is 0.815. The molecular weight excluding hydrogens is 170 g/mol. The smallest absolute Gasteiger partial charge is 0.290 e. The van der Waals surface area contributed by atoms with Crippen LogP contribution in [0.3, 0.4) is 0 Å². The van der Waals surface area contributed by atoms with E-state index in [0.717, 1.165) is 13.0 Å². The van der Waals surface area contributed by atoms with Crippen molar-refractivity contribution in [1.29, 1.82) is 0 Å². The summed E-state index contributed by atoms with van der Waals surface area (Å²) in [5.41, 5.74) is 0. The van der Waals surface area contributed by atoms with E-state index in [4.69, 9.17) is 0 Å². The van der Waals surface area contributed by atoms with Crippen LogP contribution >= 0.6 is 0 Å². The molecule has 68 valence electrons. The summed E-state index contributed by atoms with van der Waals surface area (Å²) >= 11 is 0. The average Bonchev–Trinajstić information content (AvgIpc) is 2.61. The molecule has 13 heavy (non-hydrogen) atoms. The van der Waals surface area contributed by atoms with Gasteiger partial charge in [0.15, 0.2) is 0 Å². The van der Waals surface area contributed by atoms with Gasteiger partial charge in [-0.25, -0.2) is 0 Å². The van der Waals surface area contributed by atoms with Crippen LogP contribution in [0, 0.1) is 0 Å². The van der Waals surface area contributed by atoms with Gasteiger partial charge in [-0.3, -0.25) is 0 Å². The van der Waals surface area contributed by atoms with Crippen LogP contribution in [0.1, 0.15) is 13.3 Å². The van der Waals surface area contributed by atoms with Crippen molar-refractivity contribution in [3.63, 3.8) is 0 Å². The normalized spacial score (nSPS) is 10.5. The molecule has 2 heterocycles. The van der Waals surface area contributed by atoms with Crippen molar-refractivity contribution in [2.45, 2.75) is 13.3 Å². The molecule has 0 aliphatic heterocycles. The number of anilines is 1. The minimum atomic E-state index is 0.405. The van der Waals surface area contributed by atoms with E-state index in [0.29, 0.717) is 11.7 Å². The summed E-state index contributed by atoms with van der Waals surface area (Å²) in [7, 11) is 0. The number of hydrogen-bond donors (Lipinski definition) is 1. The topological polar surface area (TPSA) is 80.9 Å². The molecule has 0 amide bonds. The minimum absolute atomic E-state index is 0.405. The van der Waals surface area contributed by atoms with Crippen molar-refractivity contribution >= 4 is 11.7 Å². The summed E-state index contributed by atoms with van der Waals surface area (Å²) in [6.07, 6.45) is 2.50. The van der Waals surface area contributed by atoms with Crippen molar-refractivity contribution < 1.29 is 0 Å². The van der Waals surface area contributed by atoms with Gasteiger partial charge in [0.1, 0.15) is 6.33 Å². The van der Waals surface area contributed by atoms with Gasteiger partial charge in [0.05, 0.1) is 0 Å². The third kappa shape index (κ3) is 1.53. The molecule has 7 heteroatoms. The predicted molar refractivity (Wildman–Crippen MR) is 45.2 cm³/mol. The standard InChI is InChI=1S/C6H9N7/c1-2-3-7-5-9-11-6-10-8-4-13(6)12-5/h4H,2-3H2,1H3,(H,7,12). The van der Waals surface area contributed by atoms with Gasteiger partial charge in [-0.2, -0.15) is 4.52 Å². The van der Waals surface area contributed by atoms with Gasteiger partial charge in [0.25, 0.3) is 11.7 Å². The van der Waals surface area contributed by atoms with Crippen molar-refractivity contribution in [2.24, 2.45) is 0 Å². The first kappa shape index (κ1) is 7.84. The Morgan fingerprint density at radius 3 is 3.15 bits per heavy atom. The molecule has 1 N–H and O–H groups in total. The fourth-order valence-electron chi connectivity index (χ4n) is 0.882. The van der Waals surface area contributed by atoms with Crippen molar-refractivity contribution in [2.75, 3.05) is 11.9 Å². The zero-order valence-corrected chi connectivity index (χ0v) is 7.17. The molecule has 0 atom stereocenters. The van der Waals surface area contributed by atoms with Crippen molar-refractivity contribution in [3.05, 3.63) is 6.33 Å². The molecule has 0 aliphatic rings. The molecule has 0 fully saturated rings. The molecule has 2 aromatic heterocycles. The molecule has 0 bridgehead atoms. The number of fused-ring (bicyclic) bond motifs is 1. The average molecular weight is 179 g/mol. The summed E-state index contributed by atoms with van der Waals surface area (Å²) in [6.45, 7) is 2.90. The quantitative estimate of drug-likeness (QED) is 0.698. The Labute approximate surface area is 74.2 Å². The van der Waals surface area contributed by atoms with Gasteiger partial charge >= 0.3 is 0 Å². The highest BCUT2D eigenvalue weighted by molar-refractivity contribution is 5.26. The predicted octanol–water partition coefficient (Wildman–Crippen LogP) is -0.264. The molecule has 2 aromatic rings. The first-order valence-corrected chi connectivity index (χ1v) is 4.05. The van der Waals surface area contributed by atoms with Crippen molar-refractivity contribution in [1.82, 2.24) is 30.0 Å². The summed E-state index contributed by atoms with van der Waals surface area (Å²) in [6, 6.07) is 0. The van der Waals surface area contributed by atoms with Crippen LogP contribution < -0.4 is 5.32 Å². The molecule has 0 saturated carbocycles. The maximum Gasteiger partial charge on any atom is 0.290 e. The van der Waals surface area contributed by atoms with Crippen LogP contribution in [0.5, 0.6) is 0 Å². The Morgan fingerprint density at radius 2 is 2.31 bits per heavy atom. The second-order valence-electron chi connectivity index (χ2n) is 2.53. The third-order valence-corrected chi connectivity index (χ3v) is 1.48. The van der Waals surface area contributed by atoms with E-state index in [2.05, 4.69) is 37.7 Å². The van der Waals surface area contributed by atoms with E-state index in [9.17, 15) is 0 Å². The highest BCUT2D eigenvalue weighted by atomic mass is 15.5. The van der Waals surface area contributed by atoms with Gasteiger partial charge in [-0.1, -0.05) is 6.92 Å². The fourth-order valence-corrected chi connectivity index (χ4v) is 0.882. The van der Waals surface area contributed by atoms with E-state index >= 15 is 0 Å². The molecule has 0 aliphatic carbocycles. The Morgan fingerprint density at radius 1 is 1.38 bits per heavy atom. The van der Waals surface area contributed by atoms with E-state index < -0.39 is 0 Å². The van der Waals surface area contributed by atoms with Crippen LogP contribution in [0.25, 0.3) is 5.78 Å². The third-order valence-electron chi connectivity index (χ3n) is 1.48. The molecule has 0 radical (unpaired) electrons. The molecule has 7 nitrogen and oxygen atoms in total. The summed E-state index contributed by atoms with van der Waals surface area (Å²) in [5.74, 6) is 0.899. The number of aromatic nitrogens is 6. The number of hydrogen-bond acceptors (Lipinski definition) is 6. The van der Waals surface area contributed by atoms with E-state index in [1.807, 2.05) is 0 Å². The second-order valence-corrected chi connectivity index (χ2v) is 2.53. The highest BCUT2D eigenvalue weighted by Crippen LogP contribution is 1.95. The lowest BCUT2D eigenvalue weighted by Crippen LogP contribution is -2.08. The van der Waals surface area contributed by atoms with Gasteiger partial charge in [0.2, 0.25) is 0 Å². The highest BCUT2D eigenvalue weighted by Gasteiger charge is 2.00. The maximum absolute atomic E-state index is 4.08. The fraction of sp³-hybridized carbons (Fsp3) is 0.500. The molecule has 0 unspecified atom stereocenters. The van der Waals surface area contributed by atoms with Crippen molar-refractivity contribution in [3.8, 4) is 0 Å². The Kier molecular flexibility index (Phi) is 1.99. The first-order chi connectivity index (χ1) is 6.40. The van der Waals surface area contributed by atoms with Gasteiger partial charge < -0.3 is 5.32 Å². The Balaban J connectivity index is 2.26. The van der Waals surface area contributed by atoms with Gasteiger partial charge in [-0.15, -0.1) is 25.5 Å². The zero-order valence-electron chi connectivity index (χ0n) is 7.17. The number of rotatable bonds is 3. The summed E-state index contributed by atoms with van der Waals surface area (Å²) in [5, 5.41) is 22.1. The first-order valence-electron chi connectivity index (χ1n) is 4.05. The molecule has 0 spiro atoms. The van der Waals surface area contributed by atoms with Crippen LogP contribution in [-0.2, 0) is 0 Å². The lowest BCUT2D eigenvalue weighted by atomic mass is 10.5. The van der Waals surface area contributed by atoms with E-state index in [1.54, 1.807) is 0 Å². The van der Waals surface area contributed by atoms with Crippen LogP contribution in [-0.4, -0.2) is 36.6 Å². The van der Waals surface area contributed by atoms with Gasteiger partial charge in [-0.05, 0) is 6.42 Å². The number of nitrogens with one attached hydrogen (secondary N) is 1. The van der Waals surface area contributed by atoms with E-state index in [1.165, 1.54) is 10.8 Å². The molecule has 0 saturated heterocycles. The number of nitrogens with zero attached hydrogens (tertiary/aromatic N) is 6. The van der Waals surface area contributed by atoms with Crippen LogP contribution in [0.15, 0.2) is 6.33 Å². The summed E-state index contributed by atoms with van der Waals surface area (Å²) < 4.78 is 1.48. The SMILES string of the molecule is CCCNc1nnc2nncn2n1. The van der Waals surface area contributed by atoms with Crippen LogP contribution in [0.4, 0.5) is 5.95 Å². The molecule has 2 rings (SSSR count). The monoisotopic (exact) mass is 179 g/mol. The summed E-state index contributed by atoms with van der Waals surface area (Å²) in [4.78, 5) is 0. The lowest BCUT2D eigenvalue weighted by Gasteiger charge is -1.99. The van der Waals surface area contributed by atoms with E-state index in [-0.39, 0.29) is 0 Å². The maximum atomic E-state index is 4.08. The van der Waals surface area contributed by atoms with Gasteiger partial charge in [0, 0.05) is 6.54 Å². The zero-order chi connectivity index (χ0) is 9.10.